The average molecular weight is 302 g/mol. The zero-order valence-electron chi connectivity index (χ0n) is 13.0. The molecule has 0 aliphatic rings. The van der Waals surface area contributed by atoms with Gasteiger partial charge in [-0.05, 0) is 44.0 Å². The maximum atomic E-state index is 12.6. The van der Waals surface area contributed by atoms with E-state index in [0.29, 0.717) is 18.7 Å². The van der Waals surface area contributed by atoms with Crippen molar-refractivity contribution in [3.05, 3.63) is 29.8 Å². The van der Waals surface area contributed by atoms with Crippen LogP contribution in [-0.4, -0.2) is 25.8 Å². The molecule has 0 fully saturated rings. The molecule has 0 aliphatic carbocycles. The van der Waals surface area contributed by atoms with E-state index in [-0.39, 0.29) is 6.04 Å². The molecule has 0 heterocycles. The van der Waals surface area contributed by atoms with Gasteiger partial charge in [0.2, 0.25) is 0 Å². The van der Waals surface area contributed by atoms with Crippen molar-refractivity contribution in [3.63, 3.8) is 0 Å². The van der Waals surface area contributed by atoms with Crippen molar-refractivity contribution in [2.24, 2.45) is 0 Å². The van der Waals surface area contributed by atoms with Crippen molar-refractivity contribution in [3.8, 4) is 0 Å². The van der Waals surface area contributed by atoms with Crippen LogP contribution in [0.2, 0.25) is 0 Å². The van der Waals surface area contributed by atoms with Gasteiger partial charge in [0.05, 0.1) is 0 Å². The SMILES string of the molecule is CCCNC(C)c1ccc(N(CCC)CC(F)(F)F)cc1. The van der Waals surface area contributed by atoms with Crippen LogP contribution in [0.1, 0.15) is 45.2 Å². The summed E-state index contributed by atoms with van der Waals surface area (Å²) in [7, 11) is 0. The highest BCUT2D eigenvalue weighted by Gasteiger charge is 2.30. The van der Waals surface area contributed by atoms with Crippen LogP contribution in [0.15, 0.2) is 24.3 Å². The van der Waals surface area contributed by atoms with Crippen molar-refractivity contribution < 1.29 is 13.2 Å². The Balaban J connectivity index is 2.77. The first-order valence-corrected chi connectivity index (χ1v) is 7.52. The van der Waals surface area contributed by atoms with E-state index < -0.39 is 12.7 Å². The molecule has 1 atom stereocenters. The standard InChI is InChI=1S/C16H25F3N2/c1-4-10-20-13(3)14-6-8-15(9-7-14)21(11-5-2)12-16(17,18)19/h6-9,13,20H,4-5,10-12H2,1-3H3. The van der Waals surface area contributed by atoms with Gasteiger partial charge in [-0.15, -0.1) is 0 Å². The van der Waals surface area contributed by atoms with Crippen LogP contribution in [0.25, 0.3) is 0 Å². The van der Waals surface area contributed by atoms with E-state index in [1.807, 2.05) is 19.1 Å². The van der Waals surface area contributed by atoms with Gasteiger partial charge in [0.1, 0.15) is 6.54 Å². The Morgan fingerprint density at radius 3 is 2.19 bits per heavy atom. The van der Waals surface area contributed by atoms with E-state index in [2.05, 4.69) is 19.2 Å². The van der Waals surface area contributed by atoms with Crippen molar-refractivity contribution in [2.45, 2.75) is 45.8 Å². The molecule has 1 aromatic carbocycles. The van der Waals surface area contributed by atoms with Gasteiger partial charge in [0.15, 0.2) is 0 Å². The Labute approximate surface area is 125 Å². The summed E-state index contributed by atoms with van der Waals surface area (Å²) in [6.07, 6.45) is -2.44. The zero-order chi connectivity index (χ0) is 15.9. The molecule has 1 N–H and O–H groups in total. The largest absolute Gasteiger partial charge is 0.405 e. The average Bonchev–Trinajstić information content (AvgIpc) is 2.43. The molecule has 120 valence electrons. The first-order valence-electron chi connectivity index (χ1n) is 7.52. The molecule has 21 heavy (non-hydrogen) atoms. The topological polar surface area (TPSA) is 15.3 Å². The lowest BCUT2D eigenvalue weighted by molar-refractivity contribution is -0.119. The number of rotatable bonds is 8. The van der Waals surface area contributed by atoms with Gasteiger partial charge < -0.3 is 10.2 Å². The maximum Gasteiger partial charge on any atom is 0.405 e. The minimum Gasteiger partial charge on any atom is -0.363 e. The lowest BCUT2D eigenvalue weighted by Crippen LogP contribution is -2.34. The van der Waals surface area contributed by atoms with Gasteiger partial charge in [-0.25, -0.2) is 0 Å². The zero-order valence-corrected chi connectivity index (χ0v) is 13.0. The Hall–Kier alpha value is -1.23. The second-order valence-corrected chi connectivity index (χ2v) is 5.30. The summed E-state index contributed by atoms with van der Waals surface area (Å²) < 4.78 is 37.8. The molecule has 0 radical (unpaired) electrons. The highest BCUT2D eigenvalue weighted by atomic mass is 19.4. The lowest BCUT2D eigenvalue weighted by atomic mass is 10.1. The summed E-state index contributed by atoms with van der Waals surface area (Å²) in [5, 5.41) is 3.37. The summed E-state index contributed by atoms with van der Waals surface area (Å²) in [5.41, 5.74) is 1.72. The van der Waals surface area contributed by atoms with E-state index in [1.165, 1.54) is 4.90 Å². The molecule has 5 heteroatoms. The summed E-state index contributed by atoms with van der Waals surface area (Å²) in [4.78, 5) is 1.38. The minimum atomic E-state index is -4.18. The molecule has 2 nitrogen and oxygen atoms in total. The minimum absolute atomic E-state index is 0.209. The predicted octanol–water partition coefficient (Wildman–Crippen LogP) is 4.53. The van der Waals surface area contributed by atoms with Crippen LogP contribution in [0.4, 0.5) is 18.9 Å². The fourth-order valence-corrected chi connectivity index (χ4v) is 2.24. The fraction of sp³-hybridized carbons (Fsp3) is 0.625. The number of anilines is 1. The van der Waals surface area contributed by atoms with Crippen molar-refractivity contribution >= 4 is 5.69 Å². The first-order chi connectivity index (χ1) is 9.87. The van der Waals surface area contributed by atoms with Gasteiger partial charge in [0, 0.05) is 18.3 Å². The molecule has 1 unspecified atom stereocenters. The number of nitrogens with one attached hydrogen (secondary N) is 1. The van der Waals surface area contributed by atoms with Crippen LogP contribution in [0, 0.1) is 0 Å². The van der Waals surface area contributed by atoms with E-state index in [1.54, 1.807) is 12.1 Å². The third-order valence-electron chi connectivity index (χ3n) is 3.32. The number of halogens is 3. The molecule has 0 amide bonds. The van der Waals surface area contributed by atoms with Gasteiger partial charge in [-0.2, -0.15) is 13.2 Å². The Kier molecular flexibility index (Phi) is 7.02. The molecular weight excluding hydrogens is 277 g/mol. The molecular formula is C16H25F3N2. The van der Waals surface area contributed by atoms with Crippen LogP contribution in [0.3, 0.4) is 0 Å². The molecule has 0 saturated carbocycles. The monoisotopic (exact) mass is 302 g/mol. The first kappa shape index (κ1) is 17.8. The third-order valence-corrected chi connectivity index (χ3v) is 3.32. The summed E-state index contributed by atoms with van der Waals surface area (Å²) in [6, 6.07) is 7.58. The second-order valence-electron chi connectivity index (χ2n) is 5.30. The highest BCUT2D eigenvalue weighted by molar-refractivity contribution is 5.48. The molecule has 1 aromatic rings. The molecule has 0 aromatic heterocycles. The van der Waals surface area contributed by atoms with Crippen LogP contribution < -0.4 is 10.2 Å². The van der Waals surface area contributed by atoms with Crippen LogP contribution in [-0.2, 0) is 0 Å². The quantitative estimate of drug-likeness (QED) is 0.759. The smallest absolute Gasteiger partial charge is 0.363 e. The fourth-order valence-electron chi connectivity index (χ4n) is 2.24. The summed E-state index contributed by atoms with van der Waals surface area (Å²) in [5.74, 6) is 0. The second kappa shape index (κ2) is 8.27. The number of benzene rings is 1. The Morgan fingerprint density at radius 2 is 1.71 bits per heavy atom. The maximum absolute atomic E-state index is 12.6. The predicted molar refractivity (Wildman–Crippen MR) is 81.7 cm³/mol. The third kappa shape index (κ3) is 6.38. The Morgan fingerprint density at radius 1 is 1.10 bits per heavy atom. The van der Waals surface area contributed by atoms with Crippen LogP contribution in [0.5, 0.6) is 0 Å². The highest BCUT2D eigenvalue weighted by Crippen LogP contribution is 2.24. The number of alkyl halides is 3. The van der Waals surface area contributed by atoms with Crippen molar-refractivity contribution in [1.82, 2.24) is 5.32 Å². The molecule has 0 aliphatic heterocycles. The summed E-state index contributed by atoms with van der Waals surface area (Å²) in [6.45, 7) is 6.48. The van der Waals surface area contributed by atoms with Gasteiger partial charge in [-0.1, -0.05) is 26.0 Å². The van der Waals surface area contributed by atoms with Crippen molar-refractivity contribution in [2.75, 3.05) is 24.5 Å². The van der Waals surface area contributed by atoms with Gasteiger partial charge in [-0.3, -0.25) is 0 Å². The lowest BCUT2D eigenvalue weighted by Gasteiger charge is -2.26. The number of hydrogen-bond donors (Lipinski definition) is 1. The number of nitrogens with zero attached hydrogens (tertiary/aromatic N) is 1. The van der Waals surface area contributed by atoms with E-state index in [4.69, 9.17) is 0 Å². The molecule has 1 rings (SSSR count). The normalized spacial score (nSPS) is 13.2. The summed E-state index contributed by atoms with van der Waals surface area (Å²) >= 11 is 0. The van der Waals surface area contributed by atoms with E-state index in [9.17, 15) is 13.2 Å². The molecule has 0 spiro atoms. The molecule has 0 bridgehead atoms. The number of hydrogen-bond acceptors (Lipinski definition) is 2. The van der Waals surface area contributed by atoms with E-state index >= 15 is 0 Å². The molecule has 0 saturated heterocycles. The van der Waals surface area contributed by atoms with Gasteiger partial charge in [0.25, 0.3) is 0 Å². The Bertz CT molecular complexity index is 401. The van der Waals surface area contributed by atoms with E-state index in [0.717, 1.165) is 18.5 Å². The van der Waals surface area contributed by atoms with Crippen molar-refractivity contribution in [1.29, 1.82) is 0 Å². The van der Waals surface area contributed by atoms with Gasteiger partial charge >= 0.3 is 6.18 Å². The van der Waals surface area contributed by atoms with Crippen LogP contribution >= 0.6 is 0 Å².